The molecule has 1 atom stereocenters. The fourth-order valence-corrected chi connectivity index (χ4v) is 1.32. The van der Waals surface area contributed by atoms with Gasteiger partial charge in [-0.05, 0) is 32.8 Å². The van der Waals surface area contributed by atoms with E-state index in [1.54, 1.807) is 19.9 Å². The second-order valence-corrected chi connectivity index (χ2v) is 3.46. The van der Waals surface area contributed by atoms with Crippen LogP contribution in [0.3, 0.4) is 0 Å². The highest BCUT2D eigenvalue weighted by atomic mass is 19.1. The van der Waals surface area contributed by atoms with Crippen LogP contribution >= 0.6 is 0 Å². The molecule has 3 heteroatoms. The van der Waals surface area contributed by atoms with Crippen LogP contribution in [0.2, 0.25) is 0 Å². The number of nitrogens with zero attached hydrogens (tertiary/aromatic N) is 1. The molecule has 1 heterocycles. The van der Waals surface area contributed by atoms with Gasteiger partial charge in [0, 0.05) is 12.2 Å². The summed E-state index contributed by atoms with van der Waals surface area (Å²) in [4.78, 5) is 4.11. The predicted octanol–water partition coefficient (Wildman–Crippen LogP) is 1.81. The van der Waals surface area contributed by atoms with E-state index in [1.807, 2.05) is 0 Å². The van der Waals surface area contributed by atoms with E-state index < -0.39 is 5.67 Å². The van der Waals surface area contributed by atoms with Gasteiger partial charge in [0.1, 0.15) is 5.67 Å². The zero-order chi connectivity index (χ0) is 9.19. The molecule has 0 fully saturated rings. The minimum absolute atomic E-state index is 0.494. The van der Waals surface area contributed by atoms with E-state index in [4.69, 9.17) is 5.73 Å². The molecule has 0 saturated heterocycles. The number of hydrogen-bond acceptors (Lipinski definition) is 2. The molecule has 1 unspecified atom stereocenters. The van der Waals surface area contributed by atoms with E-state index in [0.717, 1.165) is 13.0 Å². The molecule has 0 aromatic heterocycles. The first-order chi connectivity index (χ1) is 5.52. The summed E-state index contributed by atoms with van der Waals surface area (Å²) in [5, 5.41) is 0. The fourth-order valence-electron chi connectivity index (χ4n) is 1.32. The Morgan fingerprint density at radius 1 is 1.75 bits per heavy atom. The van der Waals surface area contributed by atoms with Crippen LogP contribution in [0.4, 0.5) is 4.39 Å². The van der Waals surface area contributed by atoms with Crippen molar-refractivity contribution in [3.05, 3.63) is 11.8 Å². The Kier molecular flexibility index (Phi) is 2.50. The molecule has 68 valence electrons. The van der Waals surface area contributed by atoms with Crippen LogP contribution in [0.15, 0.2) is 16.8 Å². The molecule has 0 bridgehead atoms. The maximum Gasteiger partial charge on any atom is 0.149 e. The topological polar surface area (TPSA) is 38.4 Å². The van der Waals surface area contributed by atoms with Gasteiger partial charge in [0.05, 0.1) is 5.71 Å². The number of hydrogen-bond donors (Lipinski definition) is 1. The smallest absolute Gasteiger partial charge is 0.149 e. The molecule has 0 aromatic rings. The summed E-state index contributed by atoms with van der Waals surface area (Å²) in [5.41, 5.74) is 5.28. The average molecular weight is 170 g/mol. The number of alkyl halides is 1. The molecule has 0 saturated carbocycles. The van der Waals surface area contributed by atoms with Gasteiger partial charge in [-0.1, -0.05) is 0 Å². The molecule has 0 radical (unpaired) electrons. The maximum atomic E-state index is 13.7. The Morgan fingerprint density at radius 3 is 2.92 bits per heavy atom. The molecule has 2 nitrogen and oxygen atoms in total. The van der Waals surface area contributed by atoms with Gasteiger partial charge in [-0.3, -0.25) is 4.99 Å². The van der Waals surface area contributed by atoms with Crippen molar-refractivity contribution in [2.75, 3.05) is 6.54 Å². The van der Waals surface area contributed by atoms with Gasteiger partial charge in [-0.2, -0.15) is 0 Å². The molecule has 1 aliphatic rings. The highest BCUT2D eigenvalue weighted by Gasteiger charge is 2.30. The highest BCUT2D eigenvalue weighted by Crippen LogP contribution is 2.24. The molecular weight excluding hydrogens is 155 g/mol. The first-order valence-electron chi connectivity index (χ1n) is 4.20. The summed E-state index contributed by atoms with van der Waals surface area (Å²) >= 11 is 0. The van der Waals surface area contributed by atoms with Crippen molar-refractivity contribution in [2.24, 2.45) is 10.7 Å². The quantitative estimate of drug-likeness (QED) is 0.640. The third-order valence-electron chi connectivity index (χ3n) is 1.98. The van der Waals surface area contributed by atoms with E-state index in [9.17, 15) is 4.39 Å². The molecule has 0 amide bonds. The minimum atomic E-state index is -1.28. The summed E-state index contributed by atoms with van der Waals surface area (Å²) in [6, 6.07) is 0. The van der Waals surface area contributed by atoms with E-state index in [0.29, 0.717) is 17.8 Å². The largest absolute Gasteiger partial charge is 0.402 e. The van der Waals surface area contributed by atoms with Crippen LogP contribution in [0.1, 0.15) is 26.7 Å². The third-order valence-corrected chi connectivity index (χ3v) is 1.98. The van der Waals surface area contributed by atoms with Crippen LogP contribution < -0.4 is 5.73 Å². The lowest BCUT2D eigenvalue weighted by Crippen LogP contribution is -2.32. The second kappa shape index (κ2) is 3.25. The third kappa shape index (κ3) is 2.06. The number of rotatable bonds is 1. The summed E-state index contributed by atoms with van der Waals surface area (Å²) in [6.45, 7) is 4.02. The maximum absolute atomic E-state index is 13.7. The molecule has 12 heavy (non-hydrogen) atoms. The second-order valence-electron chi connectivity index (χ2n) is 3.46. The van der Waals surface area contributed by atoms with Crippen molar-refractivity contribution in [3.8, 4) is 0 Å². The highest BCUT2D eigenvalue weighted by molar-refractivity contribution is 6.02. The summed E-state index contributed by atoms with van der Waals surface area (Å²) in [6.07, 6.45) is 3.00. The van der Waals surface area contributed by atoms with Gasteiger partial charge < -0.3 is 5.73 Å². The standard InChI is InChI=1S/C9H15FN2/c1-7(11)6-8-9(2,10)4-3-5-12-8/h6H,3-5,11H2,1-2H3. The Hall–Kier alpha value is -0.860. The lowest BCUT2D eigenvalue weighted by molar-refractivity contribution is 0.254. The van der Waals surface area contributed by atoms with Gasteiger partial charge in [-0.25, -0.2) is 4.39 Å². The van der Waals surface area contributed by atoms with Gasteiger partial charge in [0.15, 0.2) is 0 Å². The van der Waals surface area contributed by atoms with Crippen LogP contribution in [0.5, 0.6) is 0 Å². The molecule has 2 N–H and O–H groups in total. The number of halogens is 1. The van der Waals surface area contributed by atoms with E-state index >= 15 is 0 Å². The van der Waals surface area contributed by atoms with Crippen molar-refractivity contribution in [2.45, 2.75) is 32.4 Å². The summed E-state index contributed by atoms with van der Waals surface area (Å²) in [5.74, 6) is 0. The lowest BCUT2D eigenvalue weighted by atomic mass is 9.93. The van der Waals surface area contributed by atoms with E-state index in [1.165, 1.54) is 0 Å². The zero-order valence-electron chi connectivity index (χ0n) is 7.60. The fraction of sp³-hybridized carbons (Fsp3) is 0.667. The lowest BCUT2D eigenvalue weighted by Gasteiger charge is -2.24. The van der Waals surface area contributed by atoms with E-state index in [2.05, 4.69) is 4.99 Å². The SMILES string of the molecule is CC(N)=CC1=NCCCC1(C)F. The molecule has 0 aromatic carbocycles. The number of nitrogens with two attached hydrogens (primary N) is 1. The van der Waals surface area contributed by atoms with Gasteiger partial charge in [0.25, 0.3) is 0 Å². The molecule has 1 aliphatic heterocycles. The number of allylic oxidation sites excluding steroid dienone is 2. The monoisotopic (exact) mass is 170 g/mol. The van der Waals surface area contributed by atoms with Crippen LogP contribution in [-0.4, -0.2) is 17.9 Å². The molecule has 1 rings (SSSR count). The Morgan fingerprint density at radius 2 is 2.42 bits per heavy atom. The molecular formula is C9H15FN2. The minimum Gasteiger partial charge on any atom is -0.402 e. The predicted molar refractivity (Wildman–Crippen MR) is 49.0 cm³/mol. The van der Waals surface area contributed by atoms with Crippen molar-refractivity contribution < 1.29 is 4.39 Å². The Labute approximate surface area is 72.4 Å². The Bertz CT molecular complexity index is 225. The number of aliphatic imine (C=N–C) groups is 1. The first-order valence-corrected chi connectivity index (χ1v) is 4.20. The van der Waals surface area contributed by atoms with Gasteiger partial charge in [0.2, 0.25) is 0 Å². The van der Waals surface area contributed by atoms with Crippen LogP contribution in [0, 0.1) is 0 Å². The molecule has 0 spiro atoms. The Balaban J connectivity index is 2.86. The van der Waals surface area contributed by atoms with Crippen molar-refractivity contribution in [3.63, 3.8) is 0 Å². The van der Waals surface area contributed by atoms with Crippen molar-refractivity contribution >= 4 is 5.71 Å². The average Bonchev–Trinajstić information content (AvgIpc) is 1.92. The normalized spacial score (nSPS) is 31.6. The first kappa shape index (κ1) is 9.23. The van der Waals surface area contributed by atoms with Gasteiger partial charge in [-0.15, -0.1) is 0 Å². The van der Waals surface area contributed by atoms with Crippen molar-refractivity contribution in [1.29, 1.82) is 0 Å². The van der Waals surface area contributed by atoms with E-state index in [-0.39, 0.29) is 0 Å². The summed E-state index contributed by atoms with van der Waals surface area (Å²) < 4.78 is 13.7. The van der Waals surface area contributed by atoms with Gasteiger partial charge >= 0.3 is 0 Å². The van der Waals surface area contributed by atoms with Crippen LogP contribution in [-0.2, 0) is 0 Å². The summed E-state index contributed by atoms with van der Waals surface area (Å²) in [7, 11) is 0. The molecule has 0 aliphatic carbocycles. The van der Waals surface area contributed by atoms with Crippen molar-refractivity contribution in [1.82, 2.24) is 0 Å². The van der Waals surface area contributed by atoms with Crippen LogP contribution in [0.25, 0.3) is 0 Å². The zero-order valence-corrected chi connectivity index (χ0v) is 7.60.